The van der Waals surface area contributed by atoms with Crippen molar-refractivity contribution in [2.75, 3.05) is 13.2 Å². The van der Waals surface area contributed by atoms with Crippen molar-refractivity contribution in [1.82, 2.24) is 4.90 Å². The quantitative estimate of drug-likeness (QED) is 0.676. The van der Waals surface area contributed by atoms with Crippen LogP contribution in [-0.2, 0) is 9.59 Å². The van der Waals surface area contributed by atoms with Gasteiger partial charge in [-0.2, -0.15) is 0 Å². The first-order valence-electron chi connectivity index (χ1n) is 5.50. The van der Waals surface area contributed by atoms with E-state index in [-0.39, 0.29) is 37.3 Å². The maximum absolute atomic E-state index is 11.8. The fourth-order valence-corrected chi connectivity index (χ4v) is 1.56. The summed E-state index contributed by atoms with van der Waals surface area (Å²) in [5.74, 6) is -1.17. The van der Waals surface area contributed by atoms with Gasteiger partial charge in [0.25, 0.3) is 0 Å². The van der Waals surface area contributed by atoms with Gasteiger partial charge in [0.2, 0.25) is 5.91 Å². The van der Waals surface area contributed by atoms with Gasteiger partial charge >= 0.3 is 5.97 Å². The molecule has 2 N–H and O–H groups in total. The van der Waals surface area contributed by atoms with E-state index in [0.717, 1.165) is 0 Å². The molecule has 0 bridgehead atoms. The molecule has 1 atom stereocenters. The number of carboxylic acid groups (broad SMARTS) is 1. The van der Waals surface area contributed by atoms with Gasteiger partial charge in [0.05, 0.1) is 6.61 Å². The summed E-state index contributed by atoms with van der Waals surface area (Å²) in [6.07, 6.45) is 0.210. The van der Waals surface area contributed by atoms with Crippen molar-refractivity contribution in [3.63, 3.8) is 0 Å². The van der Waals surface area contributed by atoms with Gasteiger partial charge in [-0.3, -0.25) is 9.59 Å². The minimum absolute atomic E-state index is 0.00317. The molecule has 0 saturated carbocycles. The molecule has 0 fully saturated rings. The van der Waals surface area contributed by atoms with E-state index in [4.69, 9.17) is 10.2 Å². The van der Waals surface area contributed by atoms with Crippen LogP contribution in [0.5, 0.6) is 0 Å². The van der Waals surface area contributed by atoms with Gasteiger partial charge in [-0.15, -0.1) is 0 Å². The first-order chi connectivity index (χ1) is 7.38. The molecule has 94 valence electrons. The summed E-state index contributed by atoms with van der Waals surface area (Å²) in [7, 11) is 0. The smallest absolute Gasteiger partial charge is 0.303 e. The lowest BCUT2D eigenvalue weighted by molar-refractivity contribution is -0.139. The van der Waals surface area contributed by atoms with Crippen LogP contribution in [0.3, 0.4) is 0 Å². The Morgan fingerprint density at radius 1 is 1.19 bits per heavy atom. The highest BCUT2D eigenvalue weighted by Crippen LogP contribution is 2.11. The van der Waals surface area contributed by atoms with Crippen LogP contribution in [0.15, 0.2) is 0 Å². The molecular weight excluding hydrogens is 210 g/mol. The van der Waals surface area contributed by atoms with E-state index >= 15 is 0 Å². The molecule has 0 aliphatic rings. The molecule has 0 heterocycles. The van der Waals surface area contributed by atoms with Gasteiger partial charge in [0, 0.05) is 25.4 Å². The van der Waals surface area contributed by atoms with Crippen molar-refractivity contribution in [2.45, 2.75) is 39.7 Å². The molecule has 0 aliphatic heterocycles. The first kappa shape index (κ1) is 14.9. The van der Waals surface area contributed by atoms with E-state index < -0.39 is 5.97 Å². The highest BCUT2D eigenvalue weighted by Gasteiger charge is 2.19. The summed E-state index contributed by atoms with van der Waals surface area (Å²) in [6, 6.07) is 0.0247. The van der Waals surface area contributed by atoms with Gasteiger partial charge in [0.1, 0.15) is 0 Å². The van der Waals surface area contributed by atoms with Crippen molar-refractivity contribution in [3.8, 4) is 0 Å². The fourth-order valence-electron chi connectivity index (χ4n) is 1.56. The second kappa shape index (κ2) is 7.22. The highest BCUT2D eigenvalue weighted by atomic mass is 16.4. The van der Waals surface area contributed by atoms with E-state index in [1.165, 1.54) is 0 Å². The van der Waals surface area contributed by atoms with Crippen LogP contribution in [0.4, 0.5) is 0 Å². The number of aliphatic hydroxyl groups is 1. The molecule has 5 heteroatoms. The van der Waals surface area contributed by atoms with Crippen molar-refractivity contribution in [2.24, 2.45) is 5.92 Å². The van der Waals surface area contributed by atoms with Crippen LogP contribution in [-0.4, -0.2) is 46.2 Å². The molecule has 16 heavy (non-hydrogen) atoms. The topological polar surface area (TPSA) is 77.8 Å². The summed E-state index contributed by atoms with van der Waals surface area (Å²) >= 11 is 0. The molecule has 1 amide bonds. The molecule has 0 aromatic rings. The number of aliphatic carboxylic acids is 1. The zero-order valence-electron chi connectivity index (χ0n) is 10.1. The largest absolute Gasteiger partial charge is 0.481 e. The average molecular weight is 231 g/mol. The number of nitrogens with zero attached hydrogens (tertiary/aromatic N) is 1. The molecule has 5 nitrogen and oxygen atoms in total. The molecule has 0 aromatic carbocycles. The number of aliphatic hydroxyl groups excluding tert-OH is 1. The van der Waals surface area contributed by atoms with Gasteiger partial charge < -0.3 is 15.1 Å². The zero-order chi connectivity index (χ0) is 12.7. The summed E-state index contributed by atoms with van der Waals surface area (Å²) in [6.45, 7) is 5.71. The number of carbonyl (C=O) groups is 2. The summed E-state index contributed by atoms with van der Waals surface area (Å²) in [4.78, 5) is 23.8. The normalized spacial score (nSPS) is 12.6. The number of hydrogen-bond donors (Lipinski definition) is 2. The molecule has 0 rings (SSSR count). The predicted octanol–water partition coefficient (Wildman–Crippen LogP) is 0.717. The van der Waals surface area contributed by atoms with Crippen molar-refractivity contribution < 1.29 is 19.8 Å². The van der Waals surface area contributed by atoms with Crippen LogP contribution >= 0.6 is 0 Å². The SMILES string of the molecule is CC(CC(=O)O)CC(=O)N(CCO)C(C)C. The van der Waals surface area contributed by atoms with Crippen molar-refractivity contribution >= 4 is 11.9 Å². The van der Waals surface area contributed by atoms with Gasteiger partial charge in [-0.1, -0.05) is 6.92 Å². The summed E-state index contributed by atoms with van der Waals surface area (Å²) in [5.41, 5.74) is 0. The average Bonchev–Trinajstić information content (AvgIpc) is 2.11. The Hall–Kier alpha value is -1.10. The van der Waals surface area contributed by atoms with Crippen LogP contribution < -0.4 is 0 Å². The molecule has 0 spiro atoms. The second-order valence-electron chi connectivity index (χ2n) is 4.31. The predicted molar refractivity (Wildman–Crippen MR) is 60.0 cm³/mol. The van der Waals surface area contributed by atoms with Crippen molar-refractivity contribution in [3.05, 3.63) is 0 Å². The maximum Gasteiger partial charge on any atom is 0.303 e. The third-order valence-electron chi connectivity index (χ3n) is 2.33. The van der Waals surface area contributed by atoms with E-state index in [9.17, 15) is 9.59 Å². The van der Waals surface area contributed by atoms with Gasteiger partial charge in [0.15, 0.2) is 0 Å². The lowest BCUT2D eigenvalue weighted by Crippen LogP contribution is -2.39. The number of rotatable bonds is 7. The third-order valence-corrected chi connectivity index (χ3v) is 2.33. The minimum atomic E-state index is -0.890. The zero-order valence-corrected chi connectivity index (χ0v) is 10.1. The summed E-state index contributed by atoms with van der Waals surface area (Å²) < 4.78 is 0. The van der Waals surface area contributed by atoms with Gasteiger partial charge in [-0.05, 0) is 19.8 Å². The van der Waals surface area contributed by atoms with Crippen LogP contribution in [0.1, 0.15) is 33.6 Å². The van der Waals surface area contributed by atoms with E-state index in [0.29, 0.717) is 6.54 Å². The van der Waals surface area contributed by atoms with Crippen LogP contribution in [0.2, 0.25) is 0 Å². The van der Waals surface area contributed by atoms with Crippen molar-refractivity contribution in [1.29, 1.82) is 0 Å². The van der Waals surface area contributed by atoms with E-state index in [1.54, 1.807) is 11.8 Å². The Bertz CT molecular complexity index is 240. The number of hydrogen-bond acceptors (Lipinski definition) is 3. The van der Waals surface area contributed by atoms with Gasteiger partial charge in [-0.25, -0.2) is 0 Å². The number of amides is 1. The standard InChI is InChI=1S/C11H21NO4/c1-8(2)12(4-5-13)10(14)6-9(3)7-11(15)16/h8-9,13H,4-7H2,1-3H3,(H,15,16). The Balaban J connectivity index is 4.24. The Labute approximate surface area is 96.1 Å². The lowest BCUT2D eigenvalue weighted by atomic mass is 10.0. The van der Waals surface area contributed by atoms with Crippen LogP contribution in [0.25, 0.3) is 0 Å². The number of carboxylic acids is 1. The van der Waals surface area contributed by atoms with E-state index in [2.05, 4.69) is 0 Å². The Morgan fingerprint density at radius 3 is 2.12 bits per heavy atom. The monoisotopic (exact) mass is 231 g/mol. The molecule has 0 radical (unpaired) electrons. The molecular formula is C11H21NO4. The minimum Gasteiger partial charge on any atom is -0.481 e. The fraction of sp³-hybridized carbons (Fsp3) is 0.818. The first-order valence-corrected chi connectivity index (χ1v) is 5.50. The number of carbonyl (C=O) groups excluding carboxylic acids is 1. The Morgan fingerprint density at radius 2 is 1.75 bits per heavy atom. The molecule has 0 aliphatic carbocycles. The second-order valence-corrected chi connectivity index (χ2v) is 4.31. The molecule has 0 saturated heterocycles. The van der Waals surface area contributed by atoms with Crippen LogP contribution in [0, 0.1) is 5.92 Å². The van der Waals surface area contributed by atoms with E-state index in [1.807, 2.05) is 13.8 Å². The lowest BCUT2D eigenvalue weighted by Gasteiger charge is -2.27. The summed E-state index contributed by atoms with van der Waals surface area (Å²) in [5, 5.41) is 17.4. The highest BCUT2D eigenvalue weighted by molar-refractivity contribution is 5.77. The third kappa shape index (κ3) is 5.70. The maximum atomic E-state index is 11.8. The Kier molecular flexibility index (Phi) is 6.72. The molecule has 0 aromatic heterocycles. The molecule has 1 unspecified atom stereocenters.